The normalized spacial score (nSPS) is 12.2. The summed E-state index contributed by atoms with van der Waals surface area (Å²) in [5.41, 5.74) is 0. The first-order chi connectivity index (χ1) is 9.11. The maximum absolute atomic E-state index is 12.3. The van der Waals surface area contributed by atoms with Crippen molar-refractivity contribution < 1.29 is 22.2 Å². The smallest absolute Gasteiger partial charge is 0.328 e. The van der Waals surface area contributed by atoms with Crippen LogP contribution in [0, 0.1) is 11.8 Å². The Balaban J connectivity index is 2.97. The zero-order valence-corrected chi connectivity index (χ0v) is 13.0. The topological polar surface area (TPSA) is 87.8 Å². The number of carbonyl (C=O) groups is 1. The van der Waals surface area contributed by atoms with E-state index in [2.05, 4.69) is 0 Å². The third-order valence-corrected chi connectivity index (χ3v) is 3.23. The molecule has 0 fully saturated rings. The van der Waals surface area contributed by atoms with Crippen LogP contribution in [0.1, 0.15) is 38.2 Å². The quantitative estimate of drug-likeness (QED) is 0.815. The van der Waals surface area contributed by atoms with E-state index < -0.39 is 15.2 Å². The lowest BCUT2D eigenvalue weighted by Gasteiger charge is -2.25. The average molecular weight is 303 g/mol. The molecule has 0 saturated heterocycles. The van der Waals surface area contributed by atoms with Gasteiger partial charge in [0.05, 0.1) is 0 Å². The van der Waals surface area contributed by atoms with Crippen molar-refractivity contribution in [3.63, 3.8) is 0 Å². The van der Waals surface area contributed by atoms with Crippen molar-refractivity contribution in [2.75, 3.05) is 13.1 Å². The number of furan rings is 1. The summed E-state index contributed by atoms with van der Waals surface area (Å²) in [6, 6.07) is 2.34. The summed E-state index contributed by atoms with van der Waals surface area (Å²) >= 11 is 0. The van der Waals surface area contributed by atoms with Crippen LogP contribution in [0.5, 0.6) is 0 Å². The molecule has 1 aromatic heterocycles. The van der Waals surface area contributed by atoms with Gasteiger partial charge in [-0.2, -0.15) is 8.42 Å². The second-order valence-electron chi connectivity index (χ2n) is 5.59. The highest BCUT2D eigenvalue weighted by Gasteiger charge is 2.23. The third kappa shape index (κ3) is 4.64. The Hall–Kier alpha value is -1.34. The van der Waals surface area contributed by atoms with Gasteiger partial charge in [-0.15, -0.1) is 0 Å². The minimum atomic E-state index is -4.42. The minimum Gasteiger partial charge on any atom is -0.437 e. The molecule has 0 unspecified atom stereocenters. The van der Waals surface area contributed by atoms with Gasteiger partial charge in [-0.25, -0.2) is 0 Å². The minimum absolute atomic E-state index is 0.0843. The Morgan fingerprint density at radius 2 is 1.70 bits per heavy atom. The second kappa shape index (κ2) is 6.41. The van der Waals surface area contributed by atoms with E-state index in [1.807, 2.05) is 27.7 Å². The third-order valence-electron chi connectivity index (χ3n) is 2.50. The molecule has 20 heavy (non-hydrogen) atoms. The van der Waals surface area contributed by atoms with Crippen LogP contribution in [0.25, 0.3) is 0 Å². The predicted octanol–water partition coefficient (Wildman–Crippen LogP) is 2.28. The van der Waals surface area contributed by atoms with E-state index in [0.29, 0.717) is 13.1 Å². The van der Waals surface area contributed by atoms with E-state index >= 15 is 0 Å². The molecule has 6 nitrogen and oxygen atoms in total. The molecule has 1 N–H and O–H groups in total. The van der Waals surface area contributed by atoms with Crippen LogP contribution < -0.4 is 0 Å². The molecule has 1 rings (SSSR count). The Labute approximate surface area is 119 Å². The van der Waals surface area contributed by atoms with Gasteiger partial charge in [0.15, 0.2) is 5.76 Å². The van der Waals surface area contributed by atoms with Crippen LogP contribution in [-0.4, -0.2) is 36.9 Å². The molecule has 0 radical (unpaired) electrons. The van der Waals surface area contributed by atoms with Crippen molar-refractivity contribution in [2.24, 2.45) is 11.8 Å². The van der Waals surface area contributed by atoms with Crippen LogP contribution >= 0.6 is 0 Å². The molecule has 0 atom stereocenters. The summed E-state index contributed by atoms with van der Waals surface area (Å²) in [7, 11) is -4.42. The summed E-state index contributed by atoms with van der Waals surface area (Å²) in [6.45, 7) is 9.08. The van der Waals surface area contributed by atoms with Gasteiger partial charge in [0.1, 0.15) is 0 Å². The number of hydrogen-bond donors (Lipinski definition) is 1. The highest BCUT2D eigenvalue weighted by molar-refractivity contribution is 7.85. The molecular formula is C13H21NO5S. The highest BCUT2D eigenvalue weighted by atomic mass is 32.2. The SMILES string of the molecule is CC(C)CN(CC(C)C)C(=O)c1ccc(S(=O)(=O)O)o1. The van der Waals surface area contributed by atoms with E-state index in [4.69, 9.17) is 8.97 Å². The van der Waals surface area contributed by atoms with Crippen molar-refractivity contribution in [1.29, 1.82) is 0 Å². The monoisotopic (exact) mass is 303 g/mol. The summed E-state index contributed by atoms with van der Waals surface area (Å²) in [6.07, 6.45) is 0. The molecule has 0 aliphatic heterocycles. The van der Waals surface area contributed by atoms with Crippen LogP contribution in [0.4, 0.5) is 0 Å². The average Bonchev–Trinajstić information content (AvgIpc) is 2.74. The molecule has 0 aliphatic rings. The predicted molar refractivity (Wildman–Crippen MR) is 74.1 cm³/mol. The van der Waals surface area contributed by atoms with Gasteiger partial charge in [0.25, 0.3) is 5.91 Å². The first-order valence-electron chi connectivity index (χ1n) is 6.48. The fourth-order valence-corrected chi connectivity index (χ4v) is 2.29. The summed E-state index contributed by atoms with van der Waals surface area (Å²) in [5.74, 6) is 0.114. The van der Waals surface area contributed by atoms with Crippen molar-refractivity contribution in [2.45, 2.75) is 32.8 Å². The zero-order chi connectivity index (χ0) is 15.5. The molecule has 0 bridgehead atoms. The van der Waals surface area contributed by atoms with Gasteiger partial charge in [0.2, 0.25) is 5.09 Å². The van der Waals surface area contributed by atoms with E-state index in [1.54, 1.807) is 4.90 Å². The Morgan fingerprint density at radius 1 is 1.20 bits per heavy atom. The van der Waals surface area contributed by atoms with Gasteiger partial charge in [-0.3, -0.25) is 9.35 Å². The second-order valence-corrected chi connectivity index (χ2v) is 6.94. The van der Waals surface area contributed by atoms with Gasteiger partial charge < -0.3 is 9.32 Å². The number of hydrogen-bond acceptors (Lipinski definition) is 4. The van der Waals surface area contributed by atoms with Gasteiger partial charge in [-0.05, 0) is 24.0 Å². The van der Waals surface area contributed by atoms with Gasteiger partial charge >= 0.3 is 10.1 Å². The fourth-order valence-electron chi connectivity index (χ4n) is 1.85. The maximum Gasteiger partial charge on any atom is 0.328 e. The van der Waals surface area contributed by atoms with E-state index in [1.165, 1.54) is 6.07 Å². The molecule has 7 heteroatoms. The van der Waals surface area contributed by atoms with E-state index in [-0.39, 0.29) is 23.5 Å². The van der Waals surface area contributed by atoms with Crippen molar-refractivity contribution >= 4 is 16.0 Å². The molecule has 1 amide bonds. The van der Waals surface area contributed by atoms with Crippen LogP contribution in [0.15, 0.2) is 21.6 Å². The van der Waals surface area contributed by atoms with E-state index in [9.17, 15) is 13.2 Å². The maximum atomic E-state index is 12.3. The molecule has 0 aliphatic carbocycles. The number of nitrogens with zero attached hydrogens (tertiary/aromatic N) is 1. The zero-order valence-electron chi connectivity index (χ0n) is 12.2. The lowest BCUT2D eigenvalue weighted by molar-refractivity contribution is 0.0677. The first-order valence-corrected chi connectivity index (χ1v) is 7.92. The van der Waals surface area contributed by atoms with E-state index in [0.717, 1.165) is 6.07 Å². The molecule has 1 aromatic rings. The number of amides is 1. The largest absolute Gasteiger partial charge is 0.437 e. The molecule has 0 saturated carbocycles. The van der Waals surface area contributed by atoms with Crippen LogP contribution in [0.3, 0.4) is 0 Å². The first kappa shape index (κ1) is 16.7. The standard InChI is InChI=1S/C13H21NO5S/c1-9(2)7-14(8-10(3)4)13(15)11-5-6-12(19-11)20(16,17)18/h5-6,9-10H,7-8H2,1-4H3,(H,16,17,18). The number of rotatable bonds is 6. The molecule has 0 spiro atoms. The molecule has 0 aromatic carbocycles. The fraction of sp³-hybridized carbons (Fsp3) is 0.615. The van der Waals surface area contributed by atoms with Crippen molar-refractivity contribution in [3.8, 4) is 0 Å². The van der Waals surface area contributed by atoms with Crippen LogP contribution in [-0.2, 0) is 10.1 Å². The van der Waals surface area contributed by atoms with Gasteiger partial charge in [-0.1, -0.05) is 27.7 Å². The summed E-state index contributed by atoms with van der Waals surface area (Å²) in [5, 5.41) is -0.616. The lowest BCUT2D eigenvalue weighted by Crippen LogP contribution is -2.36. The molecule has 114 valence electrons. The Bertz CT molecular complexity index is 549. The number of carbonyl (C=O) groups excluding carboxylic acids is 1. The Kier molecular flexibility index (Phi) is 5.35. The van der Waals surface area contributed by atoms with Gasteiger partial charge in [0, 0.05) is 13.1 Å². The molecular weight excluding hydrogens is 282 g/mol. The highest BCUT2D eigenvalue weighted by Crippen LogP contribution is 2.16. The van der Waals surface area contributed by atoms with Crippen molar-refractivity contribution in [3.05, 3.63) is 17.9 Å². The Morgan fingerprint density at radius 3 is 2.05 bits per heavy atom. The van der Waals surface area contributed by atoms with Crippen LogP contribution in [0.2, 0.25) is 0 Å². The summed E-state index contributed by atoms with van der Waals surface area (Å²) < 4.78 is 35.7. The van der Waals surface area contributed by atoms with Crippen molar-refractivity contribution in [1.82, 2.24) is 4.90 Å². The lowest BCUT2D eigenvalue weighted by atomic mass is 10.1. The summed E-state index contributed by atoms with van der Waals surface area (Å²) in [4.78, 5) is 13.9. The molecule has 1 heterocycles.